The molecule has 2 aliphatic carbocycles. The second-order valence-electron chi connectivity index (χ2n) is 20.2. The average molecular weight is 1070 g/mol. The second-order valence-corrected chi connectivity index (χ2v) is 20.2. The molecule has 0 radical (unpaired) electrons. The fourth-order valence-electron chi connectivity index (χ4n) is 9.25. The standard InChI is InChI=1S/C60H72N6O12/c1-37(2)25-44(56(74)64-49(19-12-24-63-60(61)62)53(71)34-47(36-68)59(77)78)31-54(72)51(28-40-20-22-48(69)23-21-40)65-57(75)45(26-38-13-6-3-7-14-38)32-55(73)50(27-39-15-8-4-9-16-39)66-58(76)46(35-67)33-52(70)43-29-41-17-10-5-11-18-42(41)30-43/h3-11,13-18,20-23,29-30,37,44-47,49-51,67-69H,12,19,24-28,31-36H2,1-2H3,(H,64,74)(H,65,75)(H,66,76)(H,77,78)(H4,61,62,63). The number of nitrogens with zero attached hydrogens (tertiary/aromatic N) is 1. The highest BCUT2D eigenvalue weighted by Crippen LogP contribution is 2.27. The molecule has 0 bridgehead atoms. The van der Waals surface area contributed by atoms with E-state index in [0.717, 1.165) is 11.1 Å². The molecular formula is C60H72N6O12. The first-order chi connectivity index (χ1) is 37.3. The van der Waals surface area contributed by atoms with Crippen LogP contribution in [0.25, 0.3) is 11.1 Å². The summed E-state index contributed by atoms with van der Waals surface area (Å²) in [6.45, 7) is 2.26. The number of phenolic OH excluding ortho intramolecular Hbond substituents is 1. The maximum absolute atomic E-state index is 14.9. The maximum atomic E-state index is 14.9. The third-order valence-electron chi connectivity index (χ3n) is 13.5. The van der Waals surface area contributed by atoms with E-state index >= 15 is 0 Å². The summed E-state index contributed by atoms with van der Waals surface area (Å²) in [7, 11) is 0. The summed E-state index contributed by atoms with van der Waals surface area (Å²) in [5, 5.41) is 48.2. The van der Waals surface area contributed by atoms with E-state index in [1.54, 1.807) is 84.9 Å². The predicted molar refractivity (Wildman–Crippen MR) is 294 cm³/mol. The molecule has 0 aromatic heterocycles. The predicted octanol–water partition coefficient (Wildman–Crippen LogP) is 4.76. The monoisotopic (exact) mass is 1070 g/mol. The van der Waals surface area contributed by atoms with Crippen molar-refractivity contribution in [2.75, 3.05) is 19.8 Å². The third kappa shape index (κ3) is 19.5. The molecule has 0 saturated heterocycles. The summed E-state index contributed by atoms with van der Waals surface area (Å²) in [4.78, 5) is 115. The van der Waals surface area contributed by atoms with Crippen molar-refractivity contribution >= 4 is 52.8 Å². The number of aromatic hydroxyl groups is 1. The van der Waals surface area contributed by atoms with Crippen molar-refractivity contribution in [1.82, 2.24) is 16.0 Å². The molecule has 3 amide bonds. The van der Waals surface area contributed by atoms with Crippen LogP contribution in [-0.4, -0.2) is 111 Å². The lowest BCUT2D eigenvalue weighted by molar-refractivity contribution is -0.145. The number of carbonyl (C=O) groups excluding carboxylic acids is 7. The van der Waals surface area contributed by atoms with E-state index in [0.29, 0.717) is 22.3 Å². The van der Waals surface area contributed by atoms with Gasteiger partial charge in [0.2, 0.25) is 17.7 Å². The Labute approximate surface area is 454 Å². The smallest absolute Gasteiger partial charge is 0.309 e. The van der Waals surface area contributed by atoms with Crippen LogP contribution in [-0.2, 0) is 52.8 Å². The molecule has 2 aliphatic rings. The first-order valence-corrected chi connectivity index (χ1v) is 26.2. The van der Waals surface area contributed by atoms with Crippen LogP contribution in [0.5, 0.6) is 5.75 Å². The number of fused-ring (bicyclic) bond motifs is 1. The van der Waals surface area contributed by atoms with E-state index in [9.17, 15) is 58.8 Å². The summed E-state index contributed by atoms with van der Waals surface area (Å²) in [6.07, 6.45) is -1.45. The molecule has 11 N–H and O–H groups in total. The minimum absolute atomic E-state index is 0.00619. The molecule has 18 nitrogen and oxygen atoms in total. The number of rotatable bonds is 33. The zero-order chi connectivity index (χ0) is 56.7. The van der Waals surface area contributed by atoms with Crippen LogP contribution >= 0.6 is 0 Å². The number of benzene rings is 3. The van der Waals surface area contributed by atoms with Crippen LogP contribution in [0.2, 0.25) is 0 Å². The SMILES string of the molecule is CC(C)CC(CC(=O)C(Cc1ccc(O)cc1)NC(=O)C(CC(=O)C(Cc1ccccc1)NC(=O)C(CO)CC(=O)c1cc2cccccc-2c1)Cc1ccccc1)C(=O)NC(CCCN=C(N)N)C(=O)CC(CO)C(=O)O. The molecule has 3 aromatic carbocycles. The van der Waals surface area contributed by atoms with Crippen LogP contribution in [0.3, 0.4) is 0 Å². The highest BCUT2D eigenvalue weighted by Gasteiger charge is 2.35. The largest absolute Gasteiger partial charge is 0.508 e. The first kappa shape index (κ1) is 60.8. The van der Waals surface area contributed by atoms with E-state index in [4.69, 9.17) is 11.5 Å². The fraction of sp³-hybridized carbons (Fsp3) is 0.383. The van der Waals surface area contributed by atoms with Crippen LogP contribution in [0, 0.1) is 29.6 Å². The molecule has 0 fully saturated rings. The lowest BCUT2D eigenvalue weighted by atomic mass is 9.86. The van der Waals surface area contributed by atoms with Gasteiger partial charge in [0, 0.05) is 49.6 Å². The number of aliphatic hydroxyl groups excluding tert-OH is 2. The number of carbonyl (C=O) groups is 8. The Morgan fingerprint density at radius 2 is 0.962 bits per heavy atom. The van der Waals surface area contributed by atoms with Gasteiger partial charge in [-0.3, -0.25) is 43.3 Å². The number of guanidine groups is 1. The highest BCUT2D eigenvalue weighted by molar-refractivity contribution is 6.02. The first-order valence-electron chi connectivity index (χ1n) is 26.2. The summed E-state index contributed by atoms with van der Waals surface area (Å²) in [5.74, 6) is -10.8. The Hall–Kier alpha value is -8.09. The number of aliphatic carboxylic acids is 1. The number of ketones is 4. The zero-order valence-corrected chi connectivity index (χ0v) is 44.1. The van der Waals surface area contributed by atoms with Crippen molar-refractivity contribution in [3.8, 4) is 16.9 Å². The van der Waals surface area contributed by atoms with Gasteiger partial charge in [0.05, 0.1) is 43.2 Å². The van der Waals surface area contributed by atoms with E-state index < -0.39 is 115 Å². The van der Waals surface area contributed by atoms with Gasteiger partial charge in [-0.15, -0.1) is 0 Å². The lowest BCUT2D eigenvalue weighted by Gasteiger charge is -2.27. The van der Waals surface area contributed by atoms with Gasteiger partial charge in [-0.2, -0.15) is 0 Å². The minimum atomic E-state index is -1.43. The van der Waals surface area contributed by atoms with Crippen molar-refractivity contribution in [2.45, 2.75) is 96.2 Å². The van der Waals surface area contributed by atoms with Crippen LogP contribution in [0.1, 0.15) is 85.8 Å². The fourth-order valence-corrected chi connectivity index (χ4v) is 9.25. The Balaban J connectivity index is 1.42. The molecule has 0 saturated carbocycles. The van der Waals surface area contributed by atoms with Crippen molar-refractivity contribution in [2.24, 2.45) is 46.0 Å². The minimum Gasteiger partial charge on any atom is -0.508 e. The van der Waals surface area contributed by atoms with Gasteiger partial charge in [0.25, 0.3) is 0 Å². The topological polar surface area (TPSA) is 318 Å². The summed E-state index contributed by atoms with van der Waals surface area (Å²) in [5.41, 5.74) is 14.9. The number of carboxylic acids is 1. The summed E-state index contributed by atoms with van der Waals surface area (Å²) < 4.78 is 0. The van der Waals surface area contributed by atoms with E-state index in [2.05, 4.69) is 20.9 Å². The molecule has 5 rings (SSSR count). The summed E-state index contributed by atoms with van der Waals surface area (Å²) >= 11 is 0. The Kier molecular flexibility index (Phi) is 23.8. The van der Waals surface area contributed by atoms with E-state index in [1.165, 1.54) is 12.1 Å². The van der Waals surface area contributed by atoms with Crippen molar-refractivity contribution < 1.29 is 58.8 Å². The number of nitrogens with one attached hydrogen (secondary N) is 3. The van der Waals surface area contributed by atoms with Crippen molar-refractivity contribution in [3.63, 3.8) is 0 Å². The third-order valence-corrected chi connectivity index (χ3v) is 13.5. The summed E-state index contributed by atoms with van der Waals surface area (Å²) in [6, 6.07) is 32.8. The number of amides is 3. The number of aliphatic hydroxyl groups is 2. The number of hydrogen-bond acceptors (Lipinski definition) is 12. The molecule has 0 aliphatic heterocycles. The molecule has 7 atom stereocenters. The van der Waals surface area contributed by atoms with Gasteiger partial charge in [0.15, 0.2) is 29.1 Å². The van der Waals surface area contributed by atoms with Gasteiger partial charge in [-0.05, 0) is 96.5 Å². The molecule has 0 spiro atoms. The molecule has 18 heteroatoms. The normalized spacial score (nSPS) is 13.9. The number of nitrogens with two attached hydrogens (primary N) is 2. The van der Waals surface area contributed by atoms with Gasteiger partial charge >= 0.3 is 5.97 Å². The van der Waals surface area contributed by atoms with E-state index in [1.807, 2.05) is 44.2 Å². The Bertz CT molecular complexity index is 2770. The molecule has 414 valence electrons. The second kappa shape index (κ2) is 30.6. The van der Waals surface area contributed by atoms with Crippen LogP contribution in [0.4, 0.5) is 0 Å². The van der Waals surface area contributed by atoms with Crippen molar-refractivity contribution in [3.05, 3.63) is 150 Å². The molecular weight excluding hydrogens is 997 g/mol. The van der Waals surface area contributed by atoms with Crippen molar-refractivity contribution in [1.29, 1.82) is 0 Å². The van der Waals surface area contributed by atoms with Crippen LogP contribution in [0.15, 0.2) is 132 Å². The number of phenols is 1. The Morgan fingerprint density at radius 3 is 1.46 bits per heavy atom. The molecule has 3 aromatic rings. The molecule has 7 unspecified atom stereocenters. The van der Waals surface area contributed by atoms with E-state index in [-0.39, 0.29) is 74.9 Å². The van der Waals surface area contributed by atoms with Gasteiger partial charge in [-0.1, -0.05) is 117 Å². The zero-order valence-electron chi connectivity index (χ0n) is 44.1. The molecule has 0 heterocycles. The number of Topliss-reactive ketones (excluding diaryl/α,β-unsaturated/α-hetero) is 4. The van der Waals surface area contributed by atoms with Gasteiger partial charge < -0.3 is 47.8 Å². The average Bonchev–Trinajstić information content (AvgIpc) is 3.69. The number of carboxylic acid groups (broad SMARTS) is 1. The molecule has 78 heavy (non-hydrogen) atoms. The number of aliphatic imine (C=N–C) groups is 1. The quantitative estimate of drug-likeness (QED) is 0.0118. The maximum Gasteiger partial charge on any atom is 0.309 e. The van der Waals surface area contributed by atoms with Gasteiger partial charge in [0.1, 0.15) is 5.75 Å². The lowest BCUT2D eigenvalue weighted by Crippen LogP contribution is -2.50. The van der Waals surface area contributed by atoms with Gasteiger partial charge in [-0.25, -0.2) is 0 Å². The van der Waals surface area contributed by atoms with Crippen LogP contribution < -0.4 is 27.4 Å². The Morgan fingerprint density at radius 1 is 0.526 bits per heavy atom. The highest BCUT2D eigenvalue weighted by atomic mass is 16.4. The number of hydrogen-bond donors (Lipinski definition) is 9.